The molecule has 2 aromatic rings. The summed E-state index contributed by atoms with van der Waals surface area (Å²) in [7, 11) is 1.46. The Balaban J connectivity index is 1.65. The predicted molar refractivity (Wildman–Crippen MR) is 114 cm³/mol. The maximum absolute atomic E-state index is 13.3. The molecule has 32 heavy (non-hydrogen) atoms. The fourth-order valence-corrected chi connectivity index (χ4v) is 3.69. The molecule has 1 amide bonds. The van der Waals surface area contributed by atoms with Crippen LogP contribution in [0.15, 0.2) is 42.5 Å². The first-order valence-electron chi connectivity index (χ1n) is 10.3. The van der Waals surface area contributed by atoms with Gasteiger partial charge in [0.1, 0.15) is 12.1 Å². The largest absolute Gasteiger partial charge is 0.493 e. The number of hydrogen-bond donors (Lipinski definition) is 2. The van der Waals surface area contributed by atoms with E-state index in [1.165, 1.54) is 19.3 Å². The molecule has 0 aromatic heterocycles. The van der Waals surface area contributed by atoms with Gasteiger partial charge in [0.05, 0.1) is 7.11 Å². The number of carbonyl (C=O) groups is 2. The van der Waals surface area contributed by atoms with E-state index >= 15 is 0 Å². The quantitative estimate of drug-likeness (QED) is 0.586. The van der Waals surface area contributed by atoms with Gasteiger partial charge in [-0.3, -0.25) is 4.79 Å². The molecule has 1 aliphatic carbocycles. The summed E-state index contributed by atoms with van der Waals surface area (Å²) in [6, 6.07) is 8.51. The lowest BCUT2D eigenvalue weighted by atomic mass is 9.81. The van der Waals surface area contributed by atoms with Gasteiger partial charge < -0.3 is 19.9 Å². The molecule has 0 radical (unpaired) electrons. The molecule has 170 valence electrons. The lowest BCUT2D eigenvalue weighted by Gasteiger charge is -2.33. The Hall–Kier alpha value is -3.42. The van der Waals surface area contributed by atoms with Crippen molar-refractivity contribution in [3.8, 4) is 11.5 Å². The third-order valence-electron chi connectivity index (χ3n) is 5.47. The highest BCUT2D eigenvalue weighted by atomic mass is 19.2. The van der Waals surface area contributed by atoms with Crippen LogP contribution in [0.4, 0.5) is 8.78 Å². The lowest BCUT2D eigenvalue weighted by Crippen LogP contribution is -2.55. The van der Waals surface area contributed by atoms with Gasteiger partial charge in [0.15, 0.2) is 23.1 Å². The Morgan fingerprint density at radius 2 is 1.81 bits per heavy atom. The van der Waals surface area contributed by atoms with Crippen LogP contribution in [0.5, 0.6) is 11.5 Å². The maximum Gasteiger partial charge on any atom is 0.329 e. The zero-order valence-electron chi connectivity index (χ0n) is 17.7. The number of carbonyl (C=O) groups excluding carboxylic acids is 1. The van der Waals surface area contributed by atoms with Crippen molar-refractivity contribution in [3.05, 3.63) is 65.2 Å². The van der Waals surface area contributed by atoms with Crippen LogP contribution < -0.4 is 14.8 Å². The first-order valence-corrected chi connectivity index (χ1v) is 10.3. The van der Waals surface area contributed by atoms with Crippen LogP contribution in [0.25, 0.3) is 6.08 Å². The van der Waals surface area contributed by atoms with Crippen LogP contribution in [0, 0.1) is 11.6 Å². The first kappa shape index (κ1) is 23.2. The highest BCUT2D eigenvalue weighted by Gasteiger charge is 2.40. The molecule has 1 saturated carbocycles. The van der Waals surface area contributed by atoms with Crippen LogP contribution in [0.3, 0.4) is 0 Å². The summed E-state index contributed by atoms with van der Waals surface area (Å²) in [5, 5.41) is 12.2. The minimum atomic E-state index is -1.21. The van der Waals surface area contributed by atoms with Crippen molar-refractivity contribution < 1.29 is 33.0 Å². The number of nitrogens with one attached hydrogen (secondary N) is 1. The van der Waals surface area contributed by atoms with Crippen molar-refractivity contribution >= 4 is 18.0 Å². The number of methoxy groups -OCH3 is 1. The molecule has 2 aromatic carbocycles. The number of benzene rings is 2. The van der Waals surface area contributed by atoms with Crippen LogP contribution in [0.2, 0.25) is 0 Å². The van der Waals surface area contributed by atoms with E-state index in [2.05, 4.69) is 5.32 Å². The van der Waals surface area contributed by atoms with Crippen LogP contribution >= 0.6 is 0 Å². The average molecular weight is 445 g/mol. The van der Waals surface area contributed by atoms with Crippen LogP contribution in [-0.2, 0) is 16.2 Å². The lowest BCUT2D eigenvalue weighted by molar-refractivity contribution is -0.148. The van der Waals surface area contributed by atoms with Gasteiger partial charge in [-0.25, -0.2) is 13.6 Å². The number of aliphatic carboxylic acids is 1. The SMILES string of the molecule is COc1cc(/C=C/C(=O)NC2(C(=O)O)CCCCC2)ccc1OCc1ccc(F)c(F)c1. The van der Waals surface area contributed by atoms with Crippen molar-refractivity contribution in [2.75, 3.05) is 7.11 Å². The Morgan fingerprint density at radius 3 is 2.47 bits per heavy atom. The van der Waals surface area contributed by atoms with E-state index in [1.807, 2.05) is 0 Å². The summed E-state index contributed by atoms with van der Waals surface area (Å²) in [6.07, 6.45) is 6.16. The Labute approximate surface area is 184 Å². The molecular weight excluding hydrogens is 420 g/mol. The molecule has 0 bridgehead atoms. The van der Waals surface area contributed by atoms with E-state index in [0.717, 1.165) is 31.4 Å². The zero-order chi connectivity index (χ0) is 23.1. The van der Waals surface area contributed by atoms with E-state index in [9.17, 15) is 23.5 Å². The molecule has 2 N–H and O–H groups in total. The van der Waals surface area contributed by atoms with Crippen molar-refractivity contribution in [1.82, 2.24) is 5.32 Å². The first-order chi connectivity index (χ1) is 15.3. The molecule has 3 rings (SSSR count). The van der Waals surface area contributed by atoms with Gasteiger partial charge in [0, 0.05) is 6.08 Å². The maximum atomic E-state index is 13.3. The van der Waals surface area contributed by atoms with Crippen molar-refractivity contribution in [2.45, 2.75) is 44.2 Å². The highest BCUT2D eigenvalue weighted by Crippen LogP contribution is 2.30. The van der Waals surface area contributed by atoms with Crippen molar-refractivity contribution in [1.29, 1.82) is 0 Å². The summed E-state index contributed by atoms with van der Waals surface area (Å²) >= 11 is 0. The molecule has 0 spiro atoms. The number of hydrogen-bond acceptors (Lipinski definition) is 4. The minimum absolute atomic E-state index is 0.0163. The molecule has 8 heteroatoms. The van der Waals surface area contributed by atoms with Crippen molar-refractivity contribution in [3.63, 3.8) is 0 Å². The Kier molecular flexibility index (Phi) is 7.45. The van der Waals surface area contributed by atoms with Crippen LogP contribution in [-0.4, -0.2) is 29.6 Å². The van der Waals surface area contributed by atoms with E-state index in [0.29, 0.717) is 35.5 Å². The summed E-state index contributed by atoms with van der Waals surface area (Å²) in [5.41, 5.74) is -0.110. The molecule has 0 aliphatic heterocycles. The predicted octanol–water partition coefficient (Wildman–Crippen LogP) is 4.47. The van der Waals surface area contributed by atoms with Gasteiger partial charge in [-0.05, 0) is 54.3 Å². The van der Waals surface area contributed by atoms with Gasteiger partial charge >= 0.3 is 5.97 Å². The highest BCUT2D eigenvalue weighted by molar-refractivity contribution is 5.95. The molecule has 1 fully saturated rings. The molecule has 0 unspecified atom stereocenters. The fraction of sp³-hybridized carbons (Fsp3) is 0.333. The van der Waals surface area contributed by atoms with E-state index in [-0.39, 0.29) is 6.61 Å². The molecule has 0 atom stereocenters. The molecule has 0 saturated heterocycles. The average Bonchev–Trinajstić information content (AvgIpc) is 2.79. The zero-order valence-corrected chi connectivity index (χ0v) is 17.7. The summed E-state index contributed by atoms with van der Waals surface area (Å²) < 4.78 is 37.4. The molecule has 0 heterocycles. The normalized spacial score (nSPS) is 15.3. The number of amides is 1. The van der Waals surface area contributed by atoms with Gasteiger partial charge in [0.2, 0.25) is 5.91 Å². The number of rotatable bonds is 8. The summed E-state index contributed by atoms with van der Waals surface area (Å²) in [5.74, 6) is -2.58. The number of carboxylic acids is 1. The summed E-state index contributed by atoms with van der Waals surface area (Å²) in [4.78, 5) is 24.0. The van der Waals surface area contributed by atoms with E-state index in [1.54, 1.807) is 24.3 Å². The summed E-state index contributed by atoms with van der Waals surface area (Å²) in [6.45, 7) is 0.0163. The smallest absolute Gasteiger partial charge is 0.329 e. The standard InChI is InChI=1S/C24H25F2NO5/c1-31-21-14-16(6-9-20(21)32-15-17-5-8-18(25)19(26)13-17)7-10-22(28)27-24(23(29)30)11-3-2-4-12-24/h5-10,13-14H,2-4,11-12,15H2,1H3,(H,27,28)(H,29,30)/b10-7+. The number of carboxylic acid groups (broad SMARTS) is 1. The van der Waals surface area contributed by atoms with Gasteiger partial charge in [-0.15, -0.1) is 0 Å². The third-order valence-corrected chi connectivity index (χ3v) is 5.47. The Bertz CT molecular complexity index is 1020. The second kappa shape index (κ2) is 10.3. The van der Waals surface area contributed by atoms with Crippen LogP contribution in [0.1, 0.15) is 43.2 Å². The number of ether oxygens (including phenoxy) is 2. The second-order valence-corrected chi connectivity index (χ2v) is 7.72. The monoisotopic (exact) mass is 445 g/mol. The van der Waals surface area contributed by atoms with Gasteiger partial charge in [-0.2, -0.15) is 0 Å². The Morgan fingerprint density at radius 1 is 1.06 bits per heavy atom. The third kappa shape index (κ3) is 5.63. The van der Waals surface area contributed by atoms with Gasteiger partial charge in [-0.1, -0.05) is 31.4 Å². The van der Waals surface area contributed by atoms with E-state index < -0.39 is 29.0 Å². The van der Waals surface area contributed by atoms with E-state index in [4.69, 9.17) is 9.47 Å². The minimum Gasteiger partial charge on any atom is -0.493 e. The molecular formula is C24H25F2NO5. The molecule has 1 aliphatic rings. The van der Waals surface area contributed by atoms with Crippen molar-refractivity contribution in [2.24, 2.45) is 0 Å². The van der Waals surface area contributed by atoms with Gasteiger partial charge in [0.25, 0.3) is 0 Å². The molecule has 6 nitrogen and oxygen atoms in total. The fourth-order valence-electron chi connectivity index (χ4n) is 3.69. The number of halogens is 2. The second-order valence-electron chi connectivity index (χ2n) is 7.72. The topological polar surface area (TPSA) is 84.9 Å².